The summed E-state index contributed by atoms with van der Waals surface area (Å²) in [5.74, 6) is 0. The maximum Gasteiger partial charge on any atom is 0.522 e. The van der Waals surface area contributed by atoms with E-state index < -0.39 is 15.6 Å². The molecule has 1 aliphatic carbocycles. The highest BCUT2D eigenvalue weighted by Crippen LogP contribution is 2.35. The minimum atomic E-state index is -5.84. The standard InChI is InChI=1S/C13H10.CHF3O3S/c1-3-7-12-10(5-1)9-11-6-2-4-8-13(11)12;2-1(3,4)8(5,6)7/h1-8H,9H2;(H,5,6,7). The van der Waals surface area contributed by atoms with Crippen molar-refractivity contribution in [1.29, 1.82) is 0 Å². The predicted molar refractivity (Wildman–Crippen MR) is 72.3 cm³/mol. The number of halogens is 3. The molecule has 0 aromatic heterocycles. The van der Waals surface area contributed by atoms with E-state index >= 15 is 0 Å². The first-order chi connectivity index (χ1) is 9.70. The second kappa shape index (κ2) is 5.50. The number of fused-ring (bicyclic) bond motifs is 3. The van der Waals surface area contributed by atoms with Crippen molar-refractivity contribution in [3.63, 3.8) is 0 Å². The molecule has 7 heteroatoms. The molecule has 112 valence electrons. The fourth-order valence-electron chi connectivity index (χ4n) is 2.08. The summed E-state index contributed by atoms with van der Waals surface area (Å²) in [4.78, 5) is 0. The van der Waals surface area contributed by atoms with E-state index in [0.717, 1.165) is 6.42 Å². The molecule has 0 unspecified atom stereocenters. The highest BCUT2D eigenvalue weighted by Gasteiger charge is 2.44. The lowest BCUT2D eigenvalue weighted by Crippen LogP contribution is -2.21. The van der Waals surface area contributed by atoms with Gasteiger partial charge in [0.25, 0.3) is 0 Å². The van der Waals surface area contributed by atoms with Crippen molar-refractivity contribution in [3.05, 3.63) is 59.7 Å². The van der Waals surface area contributed by atoms with Gasteiger partial charge in [-0.2, -0.15) is 21.6 Å². The molecule has 0 heterocycles. The van der Waals surface area contributed by atoms with E-state index in [-0.39, 0.29) is 0 Å². The number of rotatable bonds is 0. The zero-order valence-corrected chi connectivity index (χ0v) is 11.4. The van der Waals surface area contributed by atoms with Crippen LogP contribution in [0.15, 0.2) is 48.5 Å². The molecule has 21 heavy (non-hydrogen) atoms. The number of benzene rings is 2. The van der Waals surface area contributed by atoms with Crippen LogP contribution < -0.4 is 0 Å². The van der Waals surface area contributed by atoms with Crippen molar-refractivity contribution < 1.29 is 26.1 Å². The van der Waals surface area contributed by atoms with E-state index in [2.05, 4.69) is 48.5 Å². The zero-order valence-electron chi connectivity index (χ0n) is 10.6. The first-order valence-corrected chi connectivity index (χ1v) is 7.34. The van der Waals surface area contributed by atoms with Crippen LogP contribution in [-0.2, 0) is 16.5 Å². The van der Waals surface area contributed by atoms with Crippen LogP contribution in [0.1, 0.15) is 11.1 Å². The average molecular weight is 316 g/mol. The highest BCUT2D eigenvalue weighted by atomic mass is 32.2. The predicted octanol–water partition coefficient (Wildman–Crippen LogP) is 3.65. The Balaban J connectivity index is 0.000000177. The molecule has 1 aliphatic rings. The van der Waals surface area contributed by atoms with Crippen LogP contribution in [0.3, 0.4) is 0 Å². The molecule has 0 bridgehead atoms. The van der Waals surface area contributed by atoms with Crippen molar-refractivity contribution in [1.82, 2.24) is 0 Å². The Bertz CT molecular complexity index is 709. The summed E-state index contributed by atoms with van der Waals surface area (Å²) in [6.07, 6.45) is 1.10. The van der Waals surface area contributed by atoms with E-state index in [1.807, 2.05) is 0 Å². The molecule has 1 N–H and O–H groups in total. The fraction of sp³-hybridized carbons (Fsp3) is 0.143. The first kappa shape index (κ1) is 15.5. The maximum atomic E-state index is 10.7. The Morgan fingerprint density at radius 3 is 1.52 bits per heavy atom. The minimum Gasteiger partial charge on any atom is -0.279 e. The first-order valence-electron chi connectivity index (χ1n) is 5.90. The normalized spacial score (nSPS) is 13.0. The van der Waals surface area contributed by atoms with Crippen LogP contribution in [0.2, 0.25) is 0 Å². The average Bonchev–Trinajstić information content (AvgIpc) is 2.75. The summed E-state index contributed by atoms with van der Waals surface area (Å²) in [6.45, 7) is 0. The number of hydrogen-bond acceptors (Lipinski definition) is 2. The molecule has 0 saturated carbocycles. The van der Waals surface area contributed by atoms with Crippen molar-refractivity contribution in [2.45, 2.75) is 11.9 Å². The van der Waals surface area contributed by atoms with Crippen LogP contribution in [0.4, 0.5) is 13.2 Å². The summed E-state index contributed by atoms with van der Waals surface area (Å²) in [5, 5.41) is 0. The van der Waals surface area contributed by atoms with Crippen LogP contribution in [0.25, 0.3) is 11.1 Å². The number of alkyl halides is 3. The quantitative estimate of drug-likeness (QED) is 0.509. The molecule has 0 amide bonds. The van der Waals surface area contributed by atoms with Gasteiger partial charge in [-0.15, -0.1) is 0 Å². The van der Waals surface area contributed by atoms with E-state index in [0.29, 0.717) is 0 Å². The molecule has 2 aromatic rings. The van der Waals surface area contributed by atoms with E-state index in [1.54, 1.807) is 0 Å². The Morgan fingerprint density at radius 2 is 1.19 bits per heavy atom. The third-order valence-corrected chi connectivity index (χ3v) is 3.58. The minimum absolute atomic E-state index is 1.10. The Kier molecular flexibility index (Phi) is 4.06. The third kappa shape index (κ3) is 3.43. The third-order valence-electron chi connectivity index (χ3n) is 3.00. The lowest BCUT2D eigenvalue weighted by atomic mass is 10.1. The fourth-order valence-corrected chi connectivity index (χ4v) is 2.08. The summed E-state index contributed by atoms with van der Waals surface area (Å²) < 4.78 is 57.5. The largest absolute Gasteiger partial charge is 0.522 e. The summed E-state index contributed by atoms with van der Waals surface area (Å²) in [7, 11) is -5.84. The molecular formula is C14H11F3O3S. The highest BCUT2D eigenvalue weighted by molar-refractivity contribution is 7.86. The van der Waals surface area contributed by atoms with E-state index in [1.165, 1.54) is 22.3 Å². The van der Waals surface area contributed by atoms with Crippen LogP contribution in [0, 0.1) is 0 Å². The van der Waals surface area contributed by atoms with Gasteiger partial charge in [0.2, 0.25) is 0 Å². The van der Waals surface area contributed by atoms with Gasteiger partial charge in [-0.1, -0.05) is 48.5 Å². The van der Waals surface area contributed by atoms with Gasteiger partial charge in [0.15, 0.2) is 0 Å². The second-order valence-electron chi connectivity index (χ2n) is 4.41. The Hall–Kier alpha value is -1.86. The van der Waals surface area contributed by atoms with Gasteiger partial charge in [-0.05, 0) is 28.7 Å². The monoisotopic (exact) mass is 316 g/mol. The molecule has 2 aromatic carbocycles. The Morgan fingerprint density at radius 1 is 0.857 bits per heavy atom. The molecule has 0 saturated heterocycles. The van der Waals surface area contributed by atoms with Crippen LogP contribution >= 0.6 is 0 Å². The summed E-state index contributed by atoms with van der Waals surface area (Å²) in [6, 6.07) is 17.3. The van der Waals surface area contributed by atoms with Crippen molar-refractivity contribution >= 4 is 10.1 Å². The van der Waals surface area contributed by atoms with Crippen molar-refractivity contribution in [3.8, 4) is 11.1 Å². The Labute approximate surface area is 119 Å². The van der Waals surface area contributed by atoms with Gasteiger partial charge in [-0.25, -0.2) is 0 Å². The zero-order chi connectivity index (χ0) is 15.7. The topological polar surface area (TPSA) is 54.4 Å². The van der Waals surface area contributed by atoms with Crippen LogP contribution in [-0.4, -0.2) is 18.5 Å². The molecule has 0 spiro atoms. The molecule has 0 fully saturated rings. The second-order valence-corrected chi connectivity index (χ2v) is 5.82. The molecule has 0 radical (unpaired) electrons. The molecule has 3 rings (SSSR count). The smallest absolute Gasteiger partial charge is 0.279 e. The van der Waals surface area contributed by atoms with E-state index in [9.17, 15) is 13.2 Å². The molecule has 0 atom stereocenters. The molecule has 3 nitrogen and oxygen atoms in total. The van der Waals surface area contributed by atoms with Crippen molar-refractivity contribution in [2.24, 2.45) is 0 Å². The van der Waals surface area contributed by atoms with Crippen molar-refractivity contribution in [2.75, 3.05) is 0 Å². The van der Waals surface area contributed by atoms with Crippen LogP contribution in [0.5, 0.6) is 0 Å². The summed E-state index contributed by atoms with van der Waals surface area (Å²) in [5.41, 5.74) is 0.219. The number of hydrogen-bond donors (Lipinski definition) is 1. The SMILES string of the molecule is O=S(=O)(O)C(F)(F)F.c1ccc2c(c1)Cc1ccccc1-2. The van der Waals surface area contributed by atoms with E-state index in [4.69, 9.17) is 13.0 Å². The van der Waals surface area contributed by atoms with Gasteiger partial charge in [0.1, 0.15) is 0 Å². The van der Waals surface area contributed by atoms with Gasteiger partial charge in [0.05, 0.1) is 0 Å². The maximum absolute atomic E-state index is 10.7. The molecular weight excluding hydrogens is 305 g/mol. The van der Waals surface area contributed by atoms with Gasteiger partial charge >= 0.3 is 15.6 Å². The lowest BCUT2D eigenvalue weighted by Gasteiger charge is -1.98. The van der Waals surface area contributed by atoms with Gasteiger partial charge in [-0.3, -0.25) is 4.55 Å². The van der Waals surface area contributed by atoms with Gasteiger partial charge in [0, 0.05) is 0 Å². The summed E-state index contributed by atoms with van der Waals surface area (Å²) >= 11 is 0. The molecule has 0 aliphatic heterocycles. The lowest BCUT2D eigenvalue weighted by molar-refractivity contribution is -0.0510. The van der Waals surface area contributed by atoms with Gasteiger partial charge < -0.3 is 0 Å².